The van der Waals surface area contributed by atoms with Crippen LogP contribution in [0, 0.1) is 0 Å². The molecule has 0 spiro atoms. The van der Waals surface area contributed by atoms with Crippen LogP contribution < -0.4 is 5.56 Å². The zero-order valence-corrected chi connectivity index (χ0v) is 7.46. The van der Waals surface area contributed by atoms with Crippen molar-refractivity contribution in [1.29, 1.82) is 0 Å². The number of aromatic nitrogens is 4. The fourth-order valence-corrected chi connectivity index (χ4v) is 1.15. The Labute approximate surface area is 74.2 Å². The van der Waals surface area contributed by atoms with Crippen LogP contribution in [0.3, 0.4) is 0 Å². The monoisotopic (exact) mass is 178 g/mol. The highest BCUT2D eigenvalue weighted by Gasteiger charge is 2.08. The highest BCUT2D eigenvalue weighted by atomic mass is 16.1. The predicted octanol–water partition coefficient (Wildman–Crippen LogP) is 0.770. The Balaban J connectivity index is 2.76. The van der Waals surface area contributed by atoms with Gasteiger partial charge in [0.25, 0.3) is 5.56 Å². The van der Waals surface area contributed by atoms with Crippen molar-refractivity contribution >= 4 is 11.0 Å². The molecule has 0 bridgehead atoms. The lowest BCUT2D eigenvalue weighted by molar-refractivity contribution is 0.799. The van der Waals surface area contributed by atoms with Gasteiger partial charge in [-0.2, -0.15) is 5.10 Å². The van der Waals surface area contributed by atoms with Crippen LogP contribution in [0.4, 0.5) is 0 Å². The quantitative estimate of drug-likeness (QED) is 0.677. The van der Waals surface area contributed by atoms with Gasteiger partial charge >= 0.3 is 0 Å². The van der Waals surface area contributed by atoms with Crippen LogP contribution >= 0.6 is 0 Å². The predicted molar refractivity (Wildman–Crippen MR) is 48.6 cm³/mol. The van der Waals surface area contributed by atoms with Crippen LogP contribution in [-0.4, -0.2) is 20.2 Å². The molecule has 0 aliphatic heterocycles. The number of rotatable bonds is 1. The lowest BCUT2D eigenvalue weighted by Gasteiger charge is -1.95. The van der Waals surface area contributed by atoms with E-state index in [-0.39, 0.29) is 11.5 Å². The maximum atomic E-state index is 11.2. The van der Waals surface area contributed by atoms with Gasteiger partial charge in [0.2, 0.25) is 0 Å². The number of hydrogen-bond donors (Lipinski definition) is 2. The summed E-state index contributed by atoms with van der Waals surface area (Å²) in [6.45, 7) is 4.03. The number of fused-ring (bicyclic) bond motifs is 1. The molecule has 0 aliphatic carbocycles. The fraction of sp³-hybridized carbons (Fsp3) is 0.375. The first-order valence-corrected chi connectivity index (χ1v) is 4.12. The molecule has 0 fully saturated rings. The molecule has 68 valence electrons. The molecule has 2 N–H and O–H groups in total. The summed E-state index contributed by atoms with van der Waals surface area (Å²) in [5.41, 5.74) is 0.867. The number of aromatic amines is 2. The molecular formula is C8H10N4O. The van der Waals surface area contributed by atoms with Crippen LogP contribution in [0.25, 0.3) is 11.0 Å². The summed E-state index contributed by atoms with van der Waals surface area (Å²) in [5, 5.41) is 6.01. The summed E-state index contributed by atoms with van der Waals surface area (Å²) in [5.74, 6) is 1.10. The molecule has 0 aliphatic rings. The number of imidazole rings is 1. The van der Waals surface area contributed by atoms with Crippen molar-refractivity contribution in [2.24, 2.45) is 0 Å². The molecule has 2 rings (SSSR count). The third-order valence-corrected chi connectivity index (χ3v) is 1.87. The molecule has 0 amide bonds. The SMILES string of the molecule is CC(C)c1nc2c(=O)[nH]ncc2[nH]1. The van der Waals surface area contributed by atoms with Crippen molar-refractivity contribution in [2.45, 2.75) is 19.8 Å². The maximum absolute atomic E-state index is 11.2. The summed E-state index contributed by atoms with van der Waals surface area (Å²) < 4.78 is 0. The summed E-state index contributed by atoms with van der Waals surface area (Å²) in [6.07, 6.45) is 1.57. The number of H-pyrrole nitrogens is 2. The number of hydrogen-bond acceptors (Lipinski definition) is 3. The van der Waals surface area contributed by atoms with Crippen molar-refractivity contribution in [3.63, 3.8) is 0 Å². The summed E-state index contributed by atoms with van der Waals surface area (Å²) in [7, 11) is 0. The first kappa shape index (κ1) is 7.97. The van der Waals surface area contributed by atoms with Crippen LogP contribution in [0.1, 0.15) is 25.6 Å². The van der Waals surface area contributed by atoms with Gasteiger partial charge in [-0.15, -0.1) is 0 Å². The van der Waals surface area contributed by atoms with Gasteiger partial charge in [-0.1, -0.05) is 13.8 Å². The molecule has 2 aromatic rings. The van der Waals surface area contributed by atoms with Gasteiger partial charge in [-0.3, -0.25) is 4.79 Å². The van der Waals surface area contributed by atoms with E-state index in [1.165, 1.54) is 0 Å². The first-order valence-electron chi connectivity index (χ1n) is 4.12. The minimum atomic E-state index is -0.249. The Morgan fingerprint density at radius 1 is 1.46 bits per heavy atom. The minimum Gasteiger partial charge on any atom is -0.340 e. The van der Waals surface area contributed by atoms with Crippen LogP contribution in [0.15, 0.2) is 11.0 Å². The summed E-state index contributed by atoms with van der Waals surface area (Å²) in [4.78, 5) is 18.4. The molecular weight excluding hydrogens is 168 g/mol. The van der Waals surface area contributed by atoms with E-state index in [1.54, 1.807) is 6.20 Å². The van der Waals surface area contributed by atoms with Crippen molar-refractivity contribution in [3.05, 3.63) is 22.4 Å². The first-order chi connectivity index (χ1) is 6.18. The summed E-state index contributed by atoms with van der Waals surface area (Å²) in [6, 6.07) is 0. The average molecular weight is 178 g/mol. The van der Waals surface area contributed by atoms with Gasteiger partial charge in [0, 0.05) is 5.92 Å². The van der Waals surface area contributed by atoms with Gasteiger partial charge in [0.05, 0.1) is 11.7 Å². The highest BCUT2D eigenvalue weighted by molar-refractivity contribution is 5.72. The van der Waals surface area contributed by atoms with E-state index in [4.69, 9.17) is 0 Å². The largest absolute Gasteiger partial charge is 0.340 e. The number of nitrogens with zero attached hydrogens (tertiary/aromatic N) is 2. The van der Waals surface area contributed by atoms with Crippen LogP contribution in [-0.2, 0) is 0 Å². The highest BCUT2D eigenvalue weighted by Crippen LogP contribution is 2.12. The van der Waals surface area contributed by atoms with Gasteiger partial charge in [0.1, 0.15) is 5.82 Å². The second-order valence-corrected chi connectivity index (χ2v) is 3.24. The third kappa shape index (κ3) is 1.22. The molecule has 0 saturated carbocycles. The molecule has 0 saturated heterocycles. The van der Waals surface area contributed by atoms with Gasteiger partial charge in [-0.05, 0) is 0 Å². The average Bonchev–Trinajstić information content (AvgIpc) is 2.49. The molecule has 2 aromatic heterocycles. The Bertz CT molecular complexity index is 482. The van der Waals surface area contributed by atoms with E-state index >= 15 is 0 Å². The molecule has 0 unspecified atom stereocenters. The van der Waals surface area contributed by atoms with Gasteiger partial charge in [-0.25, -0.2) is 10.1 Å². The maximum Gasteiger partial charge on any atom is 0.292 e. The molecule has 0 radical (unpaired) electrons. The second-order valence-electron chi connectivity index (χ2n) is 3.24. The Morgan fingerprint density at radius 2 is 2.23 bits per heavy atom. The molecule has 0 aromatic carbocycles. The van der Waals surface area contributed by atoms with Crippen molar-refractivity contribution in [1.82, 2.24) is 20.2 Å². The van der Waals surface area contributed by atoms with Crippen LogP contribution in [0.5, 0.6) is 0 Å². The Hall–Kier alpha value is -1.65. The standard InChI is InChI=1S/C8H10N4O/c1-4(2)7-10-5-3-9-12-8(13)6(5)11-7/h3-4H,1-2H3,(H,10,11)(H,12,13). The van der Waals surface area contributed by atoms with Gasteiger partial charge < -0.3 is 4.98 Å². The zero-order chi connectivity index (χ0) is 9.42. The third-order valence-electron chi connectivity index (χ3n) is 1.87. The van der Waals surface area contributed by atoms with Crippen LogP contribution in [0.2, 0.25) is 0 Å². The van der Waals surface area contributed by atoms with Crippen molar-refractivity contribution in [3.8, 4) is 0 Å². The van der Waals surface area contributed by atoms with Crippen molar-refractivity contribution in [2.75, 3.05) is 0 Å². The molecule has 13 heavy (non-hydrogen) atoms. The fourth-order valence-electron chi connectivity index (χ4n) is 1.15. The lowest BCUT2D eigenvalue weighted by Crippen LogP contribution is -2.07. The zero-order valence-electron chi connectivity index (χ0n) is 7.46. The normalized spacial score (nSPS) is 11.3. The smallest absolute Gasteiger partial charge is 0.292 e. The van der Waals surface area contributed by atoms with E-state index in [0.717, 1.165) is 5.82 Å². The topological polar surface area (TPSA) is 74.4 Å². The Kier molecular flexibility index (Phi) is 1.65. The summed E-state index contributed by atoms with van der Waals surface area (Å²) >= 11 is 0. The van der Waals surface area contributed by atoms with Crippen molar-refractivity contribution < 1.29 is 0 Å². The Morgan fingerprint density at radius 3 is 2.85 bits per heavy atom. The van der Waals surface area contributed by atoms with E-state index in [1.807, 2.05) is 13.8 Å². The molecule has 5 heteroatoms. The molecule has 2 heterocycles. The van der Waals surface area contributed by atoms with E-state index in [0.29, 0.717) is 11.0 Å². The van der Waals surface area contributed by atoms with E-state index < -0.39 is 0 Å². The number of nitrogens with one attached hydrogen (secondary N) is 2. The molecule has 0 atom stereocenters. The molecule has 5 nitrogen and oxygen atoms in total. The van der Waals surface area contributed by atoms with E-state index in [9.17, 15) is 4.79 Å². The second kappa shape index (κ2) is 2.69. The van der Waals surface area contributed by atoms with Gasteiger partial charge in [0.15, 0.2) is 5.52 Å². The van der Waals surface area contributed by atoms with E-state index in [2.05, 4.69) is 20.2 Å². The lowest BCUT2D eigenvalue weighted by atomic mass is 10.2. The minimum absolute atomic E-state index is 0.249.